The molecule has 3 rings (SSSR count). The van der Waals surface area contributed by atoms with Crippen LogP contribution >= 0.6 is 27.5 Å². The van der Waals surface area contributed by atoms with Crippen LogP contribution in [0.25, 0.3) is 0 Å². The Bertz CT molecular complexity index is 654. The van der Waals surface area contributed by atoms with Gasteiger partial charge in [0.2, 0.25) is 0 Å². The molecular weight excluding hydrogens is 328 g/mol. The number of carbonyl (C=O) groups excluding carboxylic acids is 1. The molecule has 0 N–H and O–H groups in total. The van der Waals surface area contributed by atoms with Crippen LogP contribution in [0, 0.1) is 0 Å². The van der Waals surface area contributed by atoms with Crippen LogP contribution in [-0.4, -0.2) is 5.78 Å². The zero-order valence-corrected chi connectivity index (χ0v) is 12.2. The number of hydrogen-bond donors (Lipinski definition) is 0. The number of rotatable bonds is 1. The molecule has 1 unspecified atom stereocenters. The van der Waals surface area contributed by atoms with E-state index in [2.05, 4.69) is 15.9 Å². The quantitative estimate of drug-likeness (QED) is 0.746. The van der Waals surface area contributed by atoms with Crippen LogP contribution in [0.4, 0.5) is 0 Å². The highest BCUT2D eigenvalue weighted by Crippen LogP contribution is 2.38. The number of benzene rings is 2. The molecule has 2 aromatic carbocycles. The number of ketones is 1. The van der Waals surface area contributed by atoms with E-state index < -0.39 is 0 Å². The third-order valence-corrected chi connectivity index (χ3v) is 3.97. The van der Waals surface area contributed by atoms with Crippen molar-refractivity contribution in [2.24, 2.45) is 0 Å². The van der Waals surface area contributed by atoms with E-state index in [0.717, 1.165) is 10.0 Å². The van der Waals surface area contributed by atoms with Gasteiger partial charge in [-0.15, -0.1) is 0 Å². The van der Waals surface area contributed by atoms with Crippen molar-refractivity contribution in [3.8, 4) is 5.75 Å². The zero-order chi connectivity index (χ0) is 13.4. The summed E-state index contributed by atoms with van der Waals surface area (Å²) in [7, 11) is 0. The molecule has 1 atom stereocenters. The lowest BCUT2D eigenvalue weighted by molar-refractivity contribution is 0.0850. The van der Waals surface area contributed by atoms with Crippen molar-refractivity contribution < 1.29 is 9.53 Å². The Labute approximate surface area is 124 Å². The van der Waals surface area contributed by atoms with E-state index in [0.29, 0.717) is 22.8 Å². The Morgan fingerprint density at radius 2 is 2.00 bits per heavy atom. The van der Waals surface area contributed by atoms with Gasteiger partial charge < -0.3 is 4.74 Å². The Kier molecular flexibility index (Phi) is 3.33. The Morgan fingerprint density at radius 3 is 2.79 bits per heavy atom. The van der Waals surface area contributed by atoms with Gasteiger partial charge in [-0.1, -0.05) is 45.7 Å². The Hall–Kier alpha value is -1.32. The third-order valence-electron chi connectivity index (χ3n) is 3.14. The first-order chi connectivity index (χ1) is 9.15. The fourth-order valence-electron chi connectivity index (χ4n) is 2.21. The molecule has 0 saturated carbocycles. The van der Waals surface area contributed by atoms with Gasteiger partial charge in [0.25, 0.3) is 0 Å². The van der Waals surface area contributed by atoms with E-state index in [1.54, 1.807) is 12.1 Å². The van der Waals surface area contributed by atoms with Gasteiger partial charge in [0, 0.05) is 15.1 Å². The first-order valence-corrected chi connectivity index (χ1v) is 7.06. The van der Waals surface area contributed by atoms with E-state index in [9.17, 15) is 4.79 Å². The summed E-state index contributed by atoms with van der Waals surface area (Å²) in [4.78, 5) is 12.2. The van der Waals surface area contributed by atoms with E-state index in [1.807, 2.05) is 30.3 Å². The predicted octanol–water partition coefficient (Wildman–Crippen LogP) is 4.81. The minimum absolute atomic E-state index is 0.0821. The summed E-state index contributed by atoms with van der Waals surface area (Å²) in [5.74, 6) is 0.689. The Morgan fingerprint density at radius 1 is 1.21 bits per heavy atom. The van der Waals surface area contributed by atoms with Crippen LogP contribution in [0.15, 0.2) is 46.9 Å². The fourth-order valence-corrected chi connectivity index (χ4v) is 2.80. The fraction of sp³-hybridized carbons (Fsp3) is 0.133. The maximum atomic E-state index is 12.2. The largest absolute Gasteiger partial charge is 0.484 e. The lowest BCUT2D eigenvalue weighted by Gasteiger charge is -2.26. The molecule has 2 aromatic rings. The van der Waals surface area contributed by atoms with Crippen LogP contribution in [0.1, 0.15) is 28.4 Å². The second kappa shape index (κ2) is 4.99. The molecule has 0 aliphatic carbocycles. The lowest BCUT2D eigenvalue weighted by Crippen LogP contribution is -2.20. The summed E-state index contributed by atoms with van der Waals surface area (Å²) >= 11 is 9.55. The molecule has 1 aliphatic heterocycles. The highest BCUT2D eigenvalue weighted by atomic mass is 79.9. The van der Waals surface area contributed by atoms with Crippen molar-refractivity contribution in [2.75, 3.05) is 0 Å². The van der Waals surface area contributed by atoms with Crippen LogP contribution in [0.2, 0.25) is 5.02 Å². The molecule has 0 bridgehead atoms. The standard InChI is InChI=1S/C15H10BrClO2/c16-9-5-6-11-13(18)8-15(19-14(11)7-9)10-3-1-2-4-12(10)17/h1-7,15H,8H2. The lowest BCUT2D eigenvalue weighted by atomic mass is 9.96. The Balaban J connectivity index is 2.01. The third kappa shape index (κ3) is 2.40. The molecule has 0 spiro atoms. The molecule has 2 nitrogen and oxygen atoms in total. The van der Waals surface area contributed by atoms with E-state index in [4.69, 9.17) is 16.3 Å². The number of fused-ring (bicyclic) bond motifs is 1. The first-order valence-electron chi connectivity index (χ1n) is 5.89. The average molecular weight is 338 g/mol. The maximum absolute atomic E-state index is 12.2. The smallest absolute Gasteiger partial charge is 0.170 e. The molecule has 4 heteroatoms. The van der Waals surface area contributed by atoms with Crippen molar-refractivity contribution in [3.05, 3.63) is 63.1 Å². The highest BCUT2D eigenvalue weighted by Gasteiger charge is 2.28. The molecule has 0 radical (unpaired) electrons. The molecule has 1 heterocycles. The number of ether oxygens (including phenoxy) is 1. The van der Waals surface area contributed by atoms with Gasteiger partial charge in [-0.3, -0.25) is 4.79 Å². The van der Waals surface area contributed by atoms with Gasteiger partial charge in [0.05, 0.1) is 12.0 Å². The van der Waals surface area contributed by atoms with Crippen LogP contribution in [-0.2, 0) is 0 Å². The summed E-state index contributed by atoms with van der Waals surface area (Å²) in [6.07, 6.45) is 0.00116. The second-order valence-electron chi connectivity index (χ2n) is 4.40. The topological polar surface area (TPSA) is 26.3 Å². The predicted molar refractivity (Wildman–Crippen MR) is 77.9 cm³/mol. The normalized spacial score (nSPS) is 17.8. The van der Waals surface area contributed by atoms with Crippen LogP contribution in [0.3, 0.4) is 0 Å². The van der Waals surface area contributed by atoms with Gasteiger partial charge in [0.15, 0.2) is 5.78 Å². The molecular formula is C15H10BrClO2. The average Bonchev–Trinajstić information content (AvgIpc) is 2.38. The minimum Gasteiger partial charge on any atom is -0.484 e. The van der Waals surface area contributed by atoms with E-state index in [1.165, 1.54) is 0 Å². The van der Waals surface area contributed by atoms with E-state index in [-0.39, 0.29) is 11.9 Å². The van der Waals surface area contributed by atoms with Crippen molar-refractivity contribution in [1.82, 2.24) is 0 Å². The van der Waals surface area contributed by atoms with Gasteiger partial charge >= 0.3 is 0 Å². The summed E-state index contributed by atoms with van der Waals surface area (Å²) in [5.41, 5.74) is 1.48. The highest BCUT2D eigenvalue weighted by molar-refractivity contribution is 9.10. The van der Waals surface area contributed by atoms with Crippen LogP contribution < -0.4 is 4.74 Å². The van der Waals surface area contributed by atoms with Crippen LogP contribution in [0.5, 0.6) is 5.75 Å². The van der Waals surface area contributed by atoms with Crippen molar-refractivity contribution in [2.45, 2.75) is 12.5 Å². The molecule has 0 fully saturated rings. The molecule has 96 valence electrons. The SMILES string of the molecule is O=C1CC(c2ccccc2Cl)Oc2cc(Br)ccc21. The second-order valence-corrected chi connectivity index (χ2v) is 5.72. The van der Waals surface area contributed by atoms with Crippen molar-refractivity contribution in [1.29, 1.82) is 0 Å². The zero-order valence-electron chi connectivity index (χ0n) is 9.90. The molecule has 0 amide bonds. The molecule has 1 aliphatic rings. The van der Waals surface area contributed by atoms with Gasteiger partial charge in [-0.2, -0.15) is 0 Å². The summed E-state index contributed by atoms with van der Waals surface area (Å²) < 4.78 is 6.80. The summed E-state index contributed by atoms with van der Waals surface area (Å²) in [6.45, 7) is 0. The van der Waals surface area contributed by atoms with E-state index >= 15 is 0 Å². The molecule has 0 saturated heterocycles. The summed E-state index contributed by atoms with van der Waals surface area (Å²) in [5, 5.41) is 0.624. The minimum atomic E-state index is -0.317. The monoisotopic (exact) mass is 336 g/mol. The number of halogens is 2. The summed E-state index contributed by atoms with van der Waals surface area (Å²) in [6, 6.07) is 12.9. The number of hydrogen-bond acceptors (Lipinski definition) is 2. The number of Topliss-reactive ketones (excluding diaryl/α,β-unsaturated/α-hetero) is 1. The van der Waals surface area contributed by atoms with Gasteiger partial charge in [-0.05, 0) is 24.3 Å². The first kappa shape index (κ1) is 12.7. The number of carbonyl (C=O) groups is 1. The van der Waals surface area contributed by atoms with Crippen molar-refractivity contribution in [3.63, 3.8) is 0 Å². The van der Waals surface area contributed by atoms with Gasteiger partial charge in [-0.25, -0.2) is 0 Å². The van der Waals surface area contributed by atoms with Gasteiger partial charge in [0.1, 0.15) is 11.9 Å². The molecule has 19 heavy (non-hydrogen) atoms. The molecule has 0 aromatic heterocycles. The maximum Gasteiger partial charge on any atom is 0.170 e. The van der Waals surface area contributed by atoms with Crippen molar-refractivity contribution >= 4 is 33.3 Å².